The first-order valence-electron chi connectivity index (χ1n) is 8.08. The van der Waals surface area contributed by atoms with Gasteiger partial charge in [-0.1, -0.05) is 18.2 Å². The molecule has 0 bridgehead atoms. The lowest BCUT2D eigenvalue weighted by atomic mass is 10.0. The van der Waals surface area contributed by atoms with E-state index in [2.05, 4.69) is 4.90 Å². The first-order valence-corrected chi connectivity index (χ1v) is 8.08. The molecule has 6 heteroatoms. The largest absolute Gasteiger partial charge is 0.496 e. The van der Waals surface area contributed by atoms with Crippen LogP contribution in [0.15, 0.2) is 42.5 Å². The van der Waals surface area contributed by atoms with Gasteiger partial charge in [-0.25, -0.2) is 8.78 Å². The predicted molar refractivity (Wildman–Crippen MR) is 90.6 cm³/mol. The average molecular weight is 346 g/mol. The van der Waals surface area contributed by atoms with E-state index in [-0.39, 0.29) is 17.5 Å². The summed E-state index contributed by atoms with van der Waals surface area (Å²) >= 11 is 0. The monoisotopic (exact) mass is 346 g/mol. The average Bonchev–Trinajstić information content (AvgIpc) is 2.64. The number of piperazine rings is 1. The number of likely N-dealkylation sites (N-methyl/N-ethyl adjacent to an activating group) is 1. The number of para-hydroxylation sites is 1. The van der Waals surface area contributed by atoms with Gasteiger partial charge in [-0.05, 0) is 31.3 Å². The van der Waals surface area contributed by atoms with Crippen LogP contribution in [0, 0.1) is 11.6 Å². The van der Waals surface area contributed by atoms with Crippen molar-refractivity contribution in [2.75, 3.05) is 33.8 Å². The van der Waals surface area contributed by atoms with E-state index >= 15 is 0 Å². The van der Waals surface area contributed by atoms with E-state index in [9.17, 15) is 13.6 Å². The van der Waals surface area contributed by atoms with Crippen LogP contribution in [0.5, 0.6) is 5.75 Å². The van der Waals surface area contributed by atoms with Crippen molar-refractivity contribution >= 4 is 5.91 Å². The van der Waals surface area contributed by atoms with E-state index < -0.39 is 11.6 Å². The molecular formula is C19H20F2N2O2. The summed E-state index contributed by atoms with van der Waals surface area (Å²) in [5.41, 5.74) is 1.15. The minimum Gasteiger partial charge on any atom is -0.496 e. The normalized spacial score (nSPS) is 18.2. The van der Waals surface area contributed by atoms with Crippen LogP contribution in [0.1, 0.15) is 22.0 Å². The zero-order valence-electron chi connectivity index (χ0n) is 14.2. The van der Waals surface area contributed by atoms with Gasteiger partial charge in [-0.3, -0.25) is 9.69 Å². The van der Waals surface area contributed by atoms with Gasteiger partial charge in [0.05, 0.1) is 13.2 Å². The number of benzene rings is 2. The molecule has 1 fully saturated rings. The van der Waals surface area contributed by atoms with Crippen LogP contribution in [0.4, 0.5) is 8.78 Å². The summed E-state index contributed by atoms with van der Waals surface area (Å²) in [4.78, 5) is 16.5. The number of rotatable bonds is 3. The number of carbonyl (C=O) groups is 1. The number of hydrogen-bond acceptors (Lipinski definition) is 3. The van der Waals surface area contributed by atoms with E-state index in [4.69, 9.17) is 4.74 Å². The number of ether oxygens (including phenoxy) is 1. The third kappa shape index (κ3) is 3.49. The molecule has 25 heavy (non-hydrogen) atoms. The number of nitrogens with zero attached hydrogens (tertiary/aromatic N) is 2. The molecular weight excluding hydrogens is 326 g/mol. The Morgan fingerprint density at radius 1 is 1.12 bits per heavy atom. The highest BCUT2D eigenvalue weighted by molar-refractivity contribution is 5.94. The Kier molecular flexibility index (Phi) is 4.99. The van der Waals surface area contributed by atoms with Gasteiger partial charge in [0, 0.05) is 30.8 Å². The van der Waals surface area contributed by atoms with Gasteiger partial charge < -0.3 is 9.64 Å². The van der Waals surface area contributed by atoms with E-state index in [1.165, 1.54) is 6.07 Å². The van der Waals surface area contributed by atoms with Crippen LogP contribution in [0.3, 0.4) is 0 Å². The van der Waals surface area contributed by atoms with Gasteiger partial charge in [-0.15, -0.1) is 0 Å². The molecule has 1 amide bonds. The van der Waals surface area contributed by atoms with Crippen molar-refractivity contribution in [2.24, 2.45) is 0 Å². The van der Waals surface area contributed by atoms with E-state index in [1.54, 1.807) is 12.0 Å². The minimum absolute atomic E-state index is 0.0286. The Morgan fingerprint density at radius 3 is 2.60 bits per heavy atom. The standard InChI is InChI=1S/C19H20F2N2O2/c1-22-9-10-23(19(24)13-7-8-15(20)16(21)11-13)12-17(22)14-5-3-4-6-18(14)25-2/h3-8,11,17H,9-10,12H2,1-2H3. The zero-order chi connectivity index (χ0) is 18.0. The molecule has 2 aromatic rings. The van der Waals surface area contributed by atoms with Crippen LogP contribution >= 0.6 is 0 Å². The maximum Gasteiger partial charge on any atom is 0.254 e. The molecule has 4 nitrogen and oxygen atoms in total. The topological polar surface area (TPSA) is 32.8 Å². The fraction of sp³-hybridized carbons (Fsp3) is 0.316. The molecule has 132 valence electrons. The predicted octanol–water partition coefficient (Wildman–Crippen LogP) is 3.10. The highest BCUT2D eigenvalue weighted by Crippen LogP contribution is 2.31. The second-order valence-electron chi connectivity index (χ2n) is 6.12. The fourth-order valence-corrected chi connectivity index (χ4v) is 3.15. The van der Waals surface area contributed by atoms with E-state index in [1.807, 2.05) is 31.3 Å². The third-order valence-corrected chi connectivity index (χ3v) is 4.60. The van der Waals surface area contributed by atoms with E-state index in [0.29, 0.717) is 19.6 Å². The molecule has 1 atom stereocenters. The lowest BCUT2D eigenvalue weighted by Crippen LogP contribution is -2.49. The van der Waals surface area contributed by atoms with Crippen molar-refractivity contribution in [3.05, 3.63) is 65.2 Å². The quantitative estimate of drug-likeness (QED) is 0.856. The third-order valence-electron chi connectivity index (χ3n) is 4.60. The van der Waals surface area contributed by atoms with Gasteiger partial charge >= 0.3 is 0 Å². The van der Waals surface area contributed by atoms with Crippen molar-refractivity contribution < 1.29 is 18.3 Å². The van der Waals surface area contributed by atoms with Gasteiger partial charge in [0.15, 0.2) is 11.6 Å². The molecule has 0 radical (unpaired) electrons. The maximum atomic E-state index is 13.4. The maximum absolute atomic E-state index is 13.4. The molecule has 0 aromatic heterocycles. The first-order chi connectivity index (χ1) is 12.0. The number of amides is 1. The smallest absolute Gasteiger partial charge is 0.254 e. The Bertz CT molecular complexity index is 782. The number of halogens is 2. The molecule has 1 saturated heterocycles. The van der Waals surface area contributed by atoms with Crippen LogP contribution in [0.25, 0.3) is 0 Å². The summed E-state index contributed by atoms with van der Waals surface area (Å²) in [6, 6.07) is 10.9. The summed E-state index contributed by atoms with van der Waals surface area (Å²) in [5, 5.41) is 0. The van der Waals surface area contributed by atoms with Gasteiger partial charge in [0.2, 0.25) is 0 Å². The van der Waals surface area contributed by atoms with E-state index in [0.717, 1.165) is 23.4 Å². The SMILES string of the molecule is COc1ccccc1C1CN(C(=O)c2ccc(F)c(F)c2)CCN1C. The minimum atomic E-state index is -1.01. The zero-order valence-corrected chi connectivity index (χ0v) is 14.2. The molecule has 0 spiro atoms. The first kappa shape index (κ1) is 17.4. The van der Waals surface area contributed by atoms with Crippen LogP contribution in [-0.2, 0) is 0 Å². The van der Waals surface area contributed by atoms with Crippen LogP contribution in [-0.4, -0.2) is 49.5 Å². The Hall–Kier alpha value is -2.47. The summed E-state index contributed by atoms with van der Waals surface area (Å²) in [6.45, 7) is 1.66. The van der Waals surface area contributed by atoms with Gasteiger partial charge in [-0.2, -0.15) is 0 Å². The molecule has 0 N–H and O–H groups in total. The summed E-state index contributed by atoms with van der Waals surface area (Å²) in [6.07, 6.45) is 0. The Balaban J connectivity index is 1.84. The summed E-state index contributed by atoms with van der Waals surface area (Å²) < 4.78 is 32.0. The second kappa shape index (κ2) is 7.19. The van der Waals surface area contributed by atoms with Crippen molar-refractivity contribution in [3.63, 3.8) is 0 Å². The Morgan fingerprint density at radius 2 is 1.88 bits per heavy atom. The van der Waals surface area contributed by atoms with Crippen molar-refractivity contribution in [1.29, 1.82) is 0 Å². The Labute approximate surface area is 145 Å². The molecule has 1 heterocycles. The molecule has 1 unspecified atom stereocenters. The second-order valence-corrected chi connectivity index (χ2v) is 6.12. The van der Waals surface area contributed by atoms with Crippen molar-refractivity contribution in [3.8, 4) is 5.75 Å². The molecule has 1 aliphatic heterocycles. The number of methoxy groups -OCH3 is 1. The summed E-state index contributed by atoms with van der Waals surface area (Å²) in [7, 11) is 3.61. The highest BCUT2D eigenvalue weighted by atomic mass is 19.2. The lowest BCUT2D eigenvalue weighted by molar-refractivity contribution is 0.0542. The molecule has 2 aromatic carbocycles. The van der Waals surface area contributed by atoms with Crippen molar-refractivity contribution in [2.45, 2.75) is 6.04 Å². The highest BCUT2D eigenvalue weighted by Gasteiger charge is 2.30. The molecule has 1 aliphatic rings. The lowest BCUT2D eigenvalue weighted by Gasteiger charge is -2.40. The number of hydrogen-bond donors (Lipinski definition) is 0. The molecule has 3 rings (SSSR count). The summed E-state index contributed by atoms with van der Waals surface area (Å²) in [5.74, 6) is -1.50. The van der Waals surface area contributed by atoms with Gasteiger partial charge in [0.25, 0.3) is 5.91 Å². The van der Waals surface area contributed by atoms with Crippen molar-refractivity contribution in [1.82, 2.24) is 9.80 Å². The molecule has 0 aliphatic carbocycles. The van der Waals surface area contributed by atoms with Gasteiger partial charge in [0.1, 0.15) is 5.75 Å². The fourth-order valence-electron chi connectivity index (χ4n) is 3.15. The van der Waals surface area contributed by atoms with Crippen LogP contribution in [0.2, 0.25) is 0 Å². The molecule has 0 saturated carbocycles. The van der Waals surface area contributed by atoms with Crippen LogP contribution < -0.4 is 4.74 Å². The number of carbonyl (C=O) groups excluding carboxylic acids is 1.